The van der Waals surface area contributed by atoms with Gasteiger partial charge in [0.1, 0.15) is 0 Å². The van der Waals surface area contributed by atoms with Crippen molar-refractivity contribution in [1.29, 1.82) is 0 Å². The minimum atomic E-state index is -4.69. The number of alkyl halides is 3. The molecule has 1 aromatic rings. The smallest absolute Gasteiger partial charge is 0.376 e. The van der Waals surface area contributed by atoms with Crippen LogP contribution in [-0.2, 0) is 15.8 Å². The molecule has 1 aromatic carbocycles. The van der Waals surface area contributed by atoms with Crippen LogP contribution < -0.4 is 21.3 Å². The molecule has 7 nitrogen and oxygen atoms in total. The lowest BCUT2D eigenvalue weighted by molar-refractivity contribution is -0.137. The van der Waals surface area contributed by atoms with E-state index in [1.54, 1.807) is 0 Å². The Bertz CT molecular complexity index is 617. The molecule has 0 aliphatic carbocycles. The summed E-state index contributed by atoms with van der Waals surface area (Å²) in [4.78, 5) is 33.2. The number of carbonyl (C=O) groups excluding carboxylic acids is 3. The Kier molecular flexibility index (Phi) is 5.94. The first-order valence-corrected chi connectivity index (χ1v) is 6.37. The lowest BCUT2D eigenvalue weighted by Crippen LogP contribution is -2.40. The number of hydrogen-bond acceptors (Lipinski definition) is 4. The second kappa shape index (κ2) is 7.47. The van der Waals surface area contributed by atoms with Crippen LogP contribution in [-0.4, -0.2) is 31.4 Å². The summed E-state index contributed by atoms with van der Waals surface area (Å²) < 4.78 is 39.1. The van der Waals surface area contributed by atoms with Gasteiger partial charge >= 0.3 is 12.2 Å². The molecule has 1 rings (SSSR count). The fraction of sp³-hybridized carbons (Fsp3) is 0.308. The summed E-state index contributed by atoms with van der Waals surface area (Å²) in [6.45, 7) is 0.637. The molecule has 0 aliphatic heterocycles. The summed E-state index contributed by atoms with van der Waals surface area (Å²) in [6, 6.07) is 2.32. The molecule has 0 heterocycles. The summed E-state index contributed by atoms with van der Waals surface area (Å²) >= 11 is 0. The molecular weight excluding hydrogens is 317 g/mol. The second-order valence-corrected chi connectivity index (χ2v) is 4.42. The third kappa shape index (κ3) is 5.85. The Balaban J connectivity index is 2.91. The quantitative estimate of drug-likeness (QED) is 0.672. The number of imide groups is 1. The third-order valence-electron chi connectivity index (χ3n) is 2.56. The molecule has 0 bridgehead atoms. The topological polar surface area (TPSA) is 99.3 Å². The number of benzene rings is 1. The number of anilines is 2. The van der Waals surface area contributed by atoms with Crippen molar-refractivity contribution in [2.75, 3.05) is 24.2 Å². The number of nitrogens with one attached hydrogen (secondary N) is 4. The lowest BCUT2D eigenvalue weighted by Gasteiger charge is -2.16. The molecule has 0 aliphatic rings. The van der Waals surface area contributed by atoms with E-state index in [0.717, 1.165) is 12.1 Å². The fourth-order valence-electron chi connectivity index (χ4n) is 1.62. The molecule has 0 radical (unpaired) electrons. The first-order chi connectivity index (χ1) is 10.6. The van der Waals surface area contributed by atoms with E-state index < -0.39 is 36.1 Å². The van der Waals surface area contributed by atoms with Gasteiger partial charge in [0.25, 0.3) is 0 Å². The number of carbonyl (C=O) groups is 3. The van der Waals surface area contributed by atoms with Crippen LogP contribution in [0.25, 0.3) is 0 Å². The molecule has 126 valence electrons. The monoisotopic (exact) mass is 332 g/mol. The normalized spacial score (nSPS) is 10.7. The molecule has 0 aromatic heterocycles. The summed E-state index contributed by atoms with van der Waals surface area (Å²) in [5, 5.41) is 8.59. The Hall–Kier alpha value is -2.78. The summed E-state index contributed by atoms with van der Waals surface area (Å²) in [5.41, 5.74) is -1.42. The largest absolute Gasteiger partial charge is 0.418 e. The Morgan fingerprint density at radius 1 is 1.17 bits per heavy atom. The van der Waals surface area contributed by atoms with Gasteiger partial charge in [0.15, 0.2) is 0 Å². The van der Waals surface area contributed by atoms with Crippen LogP contribution in [0.4, 0.5) is 29.3 Å². The number of rotatable bonds is 4. The highest BCUT2D eigenvalue weighted by Gasteiger charge is 2.34. The van der Waals surface area contributed by atoms with Gasteiger partial charge < -0.3 is 16.0 Å². The Labute approximate surface area is 129 Å². The maximum Gasteiger partial charge on any atom is 0.418 e. The van der Waals surface area contributed by atoms with Crippen molar-refractivity contribution >= 4 is 29.2 Å². The molecule has 0 saturated heterocycles. The van der Waals surface area contributed by atoms with E-state index in [-0.39, 0.29) is 11.4 Å². The van der Waals surface area contributed by atoms with E-state index in [1.165, 1.54) is 20.0 Å². The predicted octanol–water partition coefficient (Wildman–Crippen LogP) is 1.53. The highest BCUT2D eigenvalue weighted by molar-refractivity contribution is 5.96. The van der Waals surface area contributed by atoms with Gasteiger partial charge in [-0.3, -0.25) is 14.9 Å². The van der Waals surface area contributed by atoms with Crippen molar-refractivity contribution < 1.29 is 27.6 Å². The van der Waals surface area contributed by atoms with Crippen LogP contribution >= 0.6 is 0 Å². The number of hydrogen-bond donors (Lipinski definition) is 4. The lowest BCUT2D eigenvalue weighted by atomic mass is 10.1. The first kappa shape index (κ1) is 18.3. The maximum atomic E-state index is 13.0. The van der Waals surface area contributed by atoms with Gasteiger partial charge in [0.2, 0.25) is 11.8 Å². The third-order valence-corrected chi connectivity index (χ3v) is 2.56. The molecule has 4 amide bonds. The second-order valence-electron chi connectivity index (χ2n) is 4.42. The average Bonchev–Trinajstić information content (AvgIpc) is 2.44. The molecule has 0 fully saturated rings. The van der Waals surface area contributed by atoms with Gasteiger partial charge in [-0.05, 0) is 18.2 Å². The van der Waals surface area contributed by atoms with Gasteiger partial charge in [-0.1, -0.05) is 0 Å². The fourth-order valence-corrected chi connectivity index (χ4v) is 1.62. The van der Waals surface area contributed by atoms with Gasteiger partial charge in [-0.15, -0.1) is 0 Å². The summed E-state index contributed by atoms with van der Waals surface area (Å²) in [5.74, 6) is -1.31. The zero-order valence-corrected chi connectivity index (χ0v) is 12.3. The van der Waals surface area contributed by atoms with Crippen molar-refractivity contribution in [3.8, 4) is 0 Å². The Morgan fingerprint density at radius 3 is 2.35 bits per heavy atom. The van der Waals surface area contributed by atoms with E-state index in [2.05, 4.69) is 16.0 Å². The molecule has 10 heteroatoms. The predicted molar refractivity (Wildman–Crippen MR) is 76.8 cm³/mol. The zero-order chi connectivity index (χ0) is 17.6. The van der Waals surface area contributed by atoms with Crippen LogP contribution in [0.1, 0.15) is 12.5 Å². The van der Waals surface area contributed by atoms with Crippen LogP contribution in [0.5, 0.6) is 0 Å². The minimum absolute atomic E-state index is 0.0230. The highest BCUT2D eigenvalue weighted by atomic mass is 19.4. The van der Waals surface area contributed by atoms with Gasteiger partial charge in [0.05, 0.1) is 12.1 Å². The van der Waals surface area contributed by atoms with E-state index in [9.17, 15) is 27.6 Å². The van der Waals surface area contributed by atoms with Crippen molar-refractivity contribution in [3.63, 3.8) is 0 Å². The average molecular weight is 332 g/mol. The zero-order valence-electron chi connectivity index (χ0n) is 12.3. The van der Waals surface area contributed by atoms with Crippen molar-refractivity contribution in [2.45, 2.75) is 13.1 Å². The SMILES string of the molecule is CNC(=O)NC(=O)CNc1ccc(NC(C)=O)cc1C(F)(F)F. The van der Waals surface area contributed by atoms with Crippen molar-refractivity contribution in [2.24, 2.45) is 0 Å². The first-order valence-electron chi connectivity index (χ1n) is 6.37. The van der Waals surface area contributed by atoms with Crippen molar-refractivity contribution in [1.82, 2.24) is 10.6 Å². The summed E-state index contributed by atoms with van der Waals surface area (Å²) in [6.07, 6.45) is -4.69. The molecule has 23 heavy (non-hydrogen) atoms. The minimum Gasteiger partial charge on any atom is -0.376 e. The van der Waals surface area contributed by atoms with Crippen LogP contribution in [0, 0.1) is 0 Å². The number of urea groups is 1. The standard InChI is InChI=1S/C13H15F3N4O3/c1-7(21)19-8-3-4-10(9(5-8)13(14,15)16)18-6-11(22)20-12(23)17-2/h3-5,18H,6H2,1-2H3,(H,19,21)(H2,17,20,22,23). The number of halogens is 3. The van der Waals surface area contributed by atoms with Crippen LogP contribution in [0.15, 0.2) is 18.2 Å². The molecule has 0 saturated carbocycles. The molecule has 0 unspecified atom stereocenters. The summed E-state index contributed by atoms with van der Waals surface area (Å²) in [7, 11) is 1.29. The van der Waals surface area contributed by atoms with Crippen LogP contribution in [0.3, 0.4) is 0 Å². The van der Waals surface area contributed by atoms with Crippen LogP contribution in [0.2, 0.25) is 0 Å². The molecule has 4 N–H and O–H groups in total. The Morgan fingerprint density at radius 2 is 1.83 bits per heavy atom. The molecule has 0 spiro atoms. The van der Waals surface area contributed by atoms with E-state index in [1.807, 2.05) is 5.32 Å². The highest BCUT2D eigenvalue weighted by Crippen LogP contribution is 2.36. The van der Waals surface area contributed by atoms with E-state index in [4.69, 9.17) is 0 Å². The van der Waals surface area contributed by atoms with E-state index in [0.29, 0.717) is 0 Å². The molecule has 0 atom stereocenters. The number of amides is 4. The van der Waals surface area contributed by atoms with Gasteiger partial charge in [0, 0.05) is 25.3 Å². The van der Waals surface area contributed by atoms with Gasteiger partial charge in [-0.25, -0.2) is 4.79 Å². The van der Waals surface area contributed by atoms with Gasteiger partial charge in [-0.2, -0.15) is 13.2 Å². The van der Waals surface area contributed by atoms with E-state index >= 15 is 0 Å². The van der Waals surface area contributed by atoms with Crippen molar-refractivity contribution in [3.05, 3.63) is 23.8 Å². The molecular formula is C13H15F3N4O3. The maximum absolute atomic E-state index is 13.0.